The second kappa shape index (κ2) is 7.76. The Morgan fingerprint density at radius 2 is 1.91 bits per heavy atom. The van der Waals surface area contributed by atoms with Crippen LogP contribution in [-0.2, 0) is 6.18 Å². The van der Waals surface area contributed by atoms with Crippen molar-refractivity contribution in [2.24, 2.45) is 4.99 Å². The molecule has 4 aromatic rings. The van der Waals surface area contributed by atoms with E-state index >= 15 is 0 Å². The van der Waals surface area contributed by atoms with Crippen molar-refractivity contribution in [2.45, 2.75) is 6.18 Å². The fourth-order valence-corrected chi connectivity index (χ4v) is 3.22. The van der Waals surface area contributed by atoms with E-state index in [2.05, 4.69) is 35.8 Å². The van der Waals surface area contributed by atoms with Crippen LogP contribution in [0.1, 0.15) is 11.1 Å². The third-order valence-corrected chi connectivity index (χ3v) is 4.71. The van der Waals surface area contributed by atoms with E-state index in [0.29, 0.717) is 29.7 Å². The standard InChI is InChI=1S/C21H16F3N7O/c22-21(23,24)13-4-2-5-14(10-13)28-20-29-17(30-31-20)12-3-1-6-15(9-12)32-19-16-7-8-25-18(16)26-11-27-19/h1-10,25-26H,11H2,(H2,28,29,30,31). The van der Waals surface area contributed by atoms with Gasteiger partial charge >= 0.3 is 6.18 Å². The summed E-state index contributed by atoms with van der Waals surface area (Å²) in [5.41, 5.74) is 0.994. The molecule has 0 atom stereocenters. The number of H-pyrrole nitrogens is 2. The molecule has 4 N–H and O–H groups in total. The molecule has 0 unspecified atom stereocenters. The first kappa shape index (κ1) is 19.7. The van der Waals surface area contributed by atoms with Crippen molar-refractivity contribution in [3.8, 4) is 17.1 Å². The third kappa shape index (κ3) is 4.00. The summed E-state index contributed by atoms with van der Waals surface area (Å²) in [6.45, 7) is 0.398. The van der Waals surface area contributed by atoms with Crippen LogP contribution in [0.5, 0.6) is 5.75 Å². The summed E-state index contributed by atoms with van der Waals surface area (Å²) in [6, 6.07) is 13.9. The minimum atomic E-state index is -4.43. The molecule has 32 heavy (non-hydrogen) atoms. The van der Waals surface area contributed by atoms with Crippen molar-refractivity contribution < 1.29 is 17.9 Å². The normalized spacial score (nSPS) is 13.2. The quantitative estimate of drug-likeness (QED) is 0.367. The summed E-state index contributed by atoms with van der Waals surface area (Å²) in [5.74, 6) is 2.46. The number of ether oxygens (including phenoxy) is 1. The van der Waals surface area contributed by atoms with Crippen LogP contribution >= 0.6 is 0 Å². The Morgan fingerprint density at radius 1 is 1.03 bits per heavy atom. The number of alkyl halides is 3. The Morgan fingerprint density at radius 3 is 2.78 bits per heavy atom. The van der Waals surface area contributed by atoms with Gasteiger partial charge in [0.15, 0.2) is 5.82 Å². The molecule has 0 saturated carbocycles. The maximum atomic E-state index is 12.9. The van der Waals surface area contributed by atoms with Crippen LogP contribution in [0.2, 0.25) is 0 Å². The molecule has 0 amide bonds. The Balaban J connectivity index is 1.33. The smallest absolute Gasteiger partial charge is 0.416 e. The minimum absolute atomic E-state index is 0.144. The molecular weight excluding hydrogens is 423 g/mol. The van der Waals surface area contributed by atoms with Gasteiger partial charge in [-0.1, -0.05) is 18.2 Å². The zero-order valence-corrected chi connectivity index (χ0v) is 16.4. The van der Waals surface area contributed by atoms with Crippen LogP contribution in [-0.4, -0.2) is 32.7 Å². The SMILES string of the molecule is FC(F)(F)c1cccc(Nc2n[nH]c(-c3cccc(OC4=NCNc5[nH]ccc54)c3)n2)c1. The zero-order valence-electron chi connectivity index (χ0n) is 16.4. The Kier molecular flexibility index (Phi) is 4.77. The molecule has 8 nitrogen and oxygen atoms in total. The lowest BCUT2D eigenvalue weighted by molar-refractivity contribution is -0.137. The fraction of sp³-hybridized carbons (Fsp3) is 0.0952. The maximum absolute atomic E-state index is 12.9. The van der Waals surface area contributed by atoms with E-state index in [4.69, 9.17) is 4.74 Å². The van der Waals surface area contributed by atoms with Crippen LogP contribution in [0, 0.1) is 0 Å². The monoisotopic (exact) mass is 439 g/mol. The number of aliphatic imine (C=N–C) groups is 1. The van der Waals surface area contributed by atoms with Gasteiger partial charge in [-0.05, 0) is 36.4 Å². The van der Waals surface area contributed by atoms with E-state index in [1.165, 1.54) is 12.1 Å². The van der Waals surface area contributed by atoms with Crippen molar-refractivity contribution in [3.05, 3.63) is 71.9 Å². The summed E-state index contributed by atoms with van der Waals surface area (Å²) in [6.07, 6.45) is -2.63. The third-order valence-electron chi connectivity index (χ3n) is 4.71. The predicted octanol–water partition coefficient (Wildman–Crippen LogP) is 4.77. The number of hydrogen-bond donors (Lipinski definition) is 4. The first-order valence-electron chi connectivity index (χ1n) is 9.57. The van der Waals surface area contributed by atoms with Gasteiger partial charge in [0.25, 0.3) is 0 Å². The van der Waals surface area contributed by atoms with Crippen LogP contribution < -0.4 is 15.4 Å². The van der Waals surface area contributed by atoms with E-state index in [1.807, 2.05) is 12.1 Å². The van der Waals surface area contributed by atoms with Gasteiger partial charge in [0.2, 0.25) is 11.8 Å². The number of fused-ring (bicyclic) bond motifs is 1. The Bertz CT molecular complexity index is 1290. The van der Waals surface area contributed by atoms with Crippen molar-refractivity contribution in [3.63, 3.8) is 0 Å². The minimum Gasteiger partial charge on any atom is -0.439 e. The summed E-state index contributed by atoms with van der Waals surface area (Å²) in [4.78, 5) is 11.8. The van der Waals surface area contributed by atoms with E-state index in [1.54, 1.807) is 24.4 Å². The number of halogens is 3. The number of aromatic amines is 2. The number of aromatic nitrogens is 4. The summed E-state index contributed by atoms with van der Waals surface area (Å²) >= 11 is 0. The van der Waals surface area contributed by atoms with Crippen molar-refractivity contribution in [1.29, 1.82) is 0 Å². The molecule has 0 spiro atoms. The molecule has 1 aliphatic rings. The molecule has 2 aromatic heterocycles. The lowest BCUT2D eigenvalue weighted by Crippen LogP contribution is -2.19. The zero-order chi connectivity index (χ0) is 22.1. The van der Waals surface area contributed by atoms with Crippen molar-refractivity contribution >= 4 is 23.4 Å². The lowest BCUT2D eigenvalue weighted by Gasteiger charge is -2.15. The molecule has 162 valence electrons. The molecule has 11 heteroatoms. The highest BCUT2D eigenvalue weighted by molar-refractivity contribution is 6.01. The molecule has 2 aromatic carbocycles. The summed E-state index contributed by atoms with van der Waals surface area (Å²) in [5, 5.41) is 12.7. The van der Waals surface area contributed by atoms with Gasteiger partial charge in [0, 0.05) is 17.4 Å². The molecule has 1 aliphatic heterocycles. The van der Waals surface area contributed by atoms with Gasteiger partial charge in [0.1, 0.15) is 18.2 Å². The first-order chi connectivity index (χ1) is 15.5. The molecule has 0 fully saturated rings. The highest BCUT2D eigenvalue weighted by atomic mass is 19.4. The Labute approximate surface area is 179 Å². The number of anilines is 3. The highest BCUT2D eigenvalue weighted by Gasteiger charge is 2.30. The van der Waals surface area contributed by atoms with Gasteiger partial charge in [-0.25, -0.2) is 4.99 Å². The Hall–Kier alpha value is -4.28. The van der Waals surface area contributed by atoms with Gasteiger partial charge in [0.05, 0.1) is 11.1 Å². The number of nitrogens with one attached hydrogen (secondary N) is 4. The van der Waals surface area contributed by atoms with Crippen LogP contribution in [0.4, 0.5) is 30.6 Å². The van der Waals surface area contributed by atoms with E-state index in [-0.39, 0.29) is 11.6 Å². The van der Waals surface area contributed by atoms with Gasteiger partial charge in [-0.15, -0.1) is 5.10 Å². The second-order valence-corrected chi connectivity index (χ2v) is 6.91. The molecule has 3 heterocycles. The lowest BCUT2D eigenvalue weighted by atomic mass is 10.2. The number of nitrogens with zero attached hydrogens (tertiary/aromatic N) is 3. The van der Waals surface area contributed by atoms with Gasteiger partial charge in [-0.2, -0.15) is 18.2 Å². The average Bonchev–Trinajstić information content (AvgIpc) is 3.44. The van der Waals surface area contributed by atoms with Crippen LogP contribution in [0.25, 0.3) is 11.4 Å². The summed E-state index contributed by atoms with van der Waals surface area (Å²) in [7, 11) is 0. The first-order valence-corrected chi connectivity index (χ1v) is 9.57. The van der Waals surface area contributed by atoms with Crippen molar-refractivity contribution in [2.75, 3.05) is 17.3 Å². The van der Waals surface area contributed by atoms with E-state index in [9.17, 15) is 13.2 Å². The highest BCUT2D eigenvalue weighted by Crippen LogP contribution is 2.31. The van der Waals surface area contributed by atoms with E-state index < -0.39 is 11.7 Å². The number of hydrogen-bond acceptors (Lipinski definition) is 6. The van der Waals surface area contributed by atoms with Gasteiger partial charge in [-0.3, -0.25) is 5.10 Å². The number of benzene rings is 2. The fourth-order valence-electron chi connectivity index (χ4n) is 3.22. The summed E-state index contributed by atoms with van der Waals surface area (Å²) < 4.78 is 44.7. The molecule has 0 aliphatic carbocycles. The van der Waals surface area contributed by atoms with E-state index in [0.717, 1.165) is 23.5 Å². The molecule has 0 saturated heterocycles. The van der Waals surface area contributed by atoms with Gasteiger partial charge < -0.3 is 20.4 Å². The van der Waals surface area contributed by atoms with Crippen LogP contribution in [0.3, 0.4) is 0 Å². The predicted molar refractivity (Wildman–Crippen MR) is 113 cm³/mol. The van der Waals surface area contributed by atoms with Crippen molar-refractivity contribution in [1.82, 2.24) is 20.2 Å². The molecule has 0 radical (unpaired) electrons. The number of rotatable bonds is 4. The average molecular weight is 439 g/mol. The molecule has 5 rings (SSSR count). The molecular formula is C21H16F3N7O. The topological polar surface area (TPSA) is 103 Å². The maximum Gasteiger partial charge on any atom is 0.416 e. The van der Waals surface area contributed by atoms with Crippen LogP contribution in [0.15, 0.2) is 65.8 Å². The second-order valence-electron chi connectivity index (χ2n) is 6.91. The largest absolute Gasteiger partial charge is 0.439 e. The molecule has 0 bridgehead atoms.